The summed E-state index contributed by atoms with van der Waals surface area (Å²) in [5, 5.41) is 16.6. The van der Waals surface area contributed by atoms with Crippen LogP contribution in [-0.4, -0.2) is 79.3 Å². The van der Waals surface area contributed by atoms with E-state index >= 15 is 0 Å². The number of aliphatic hydroxyl groups excluding tert-OH is 1. The summed E-state index contributed by atoms with van der Waals surface area (Å²) >= 11 is 0. The van der Waals surface area contributed by atoms with Crippen molar-refractivity contribution in [2.75, 3.05) is 36.8 Å². The molecule has 3 aromatic rings. The molecule has 0 aliphatic carbocycles. The van der Waals surface area contributed by atoms with Crippen LogP contribution in [-0.2, 0) is 10.0 Å². The maximum absolute atomic E-state index is 13.7. The number of sulfonamides is 1. The van der Waals surface area contributed by atoms with Crippen molar-refractivity contribution in [1.29, 1.82) is 0 Å². The number of amides is 3. The van der Waals surface area contributed by atoms with Crippen molar-refractivity contribution < 1.29 is 32.4 Å². The predicted molar refractivity (Wildman–Crippen MR) is 157 cm³/mol. The van der Waals surface area contributed by atoms with E-state index in [4.69, 9.17) is 9.26 Å². The molecule has 0 saturated carbocycles. The van der Waals surface area contributed by atoms with Crippen LogP contribution in [0.5, 0.6) is 5.75 Å². The summed E-state index contributed by atoms with van der Waals surface area (Å²) in [6, 6.07) is 10.0. The number of hydrogen-bond acceptors (Lipinski definition) is 8. The first-order valence-electron chi connectivity index (χ1n) is 13.6. The van der Waals surface area contributed by atoms with Gasteiger partial charge in [0.25, 0.3) is 15.9 Å². The summed E-state index contributed by atoms with van der Waals surface area (Å²) in [6.45, 7) is 9.08. The number of fused-ring (bicyclic) bond motifs is 1. The van der Waals surface area contributed by atoms with Crippen LogP contribution in [0.2, 0.25) is 0 Å². The molecule has 3 atom stereocenters. The number of rotatable bonds is 8. The van der Waals surface area contributed by atoms with Crippen LogP contribution in [0.3, 0.4) is 0 Å². The smallest absolute Gasteiger partial charge is 0.321 e. The Hall–Kier alpha value is -4.10. The molecule has 226 valence electrons. The average Bonchev–Trinajstić information content (AvgIpc) is 3.26. The predicted octanol–water partition coefficient (Wildman–Crippen LogP) is 3.78. The lowest BCUT2D eigenvalue weighted by Crippen LogP contribution is -2.50. The molecule has 4 rings (SSSR count). The van der Waals surface area contributed by atoms with Gasteiger partial charge >= 0.3 is 6.03 Å². The van der Waals surface area contributed by atoms with Gasteiger partial charge in [0.1, 0.15) is 23.2 Å². The minimum atomic E-state index is -3.92. The molecular weight excluding hydrogens is 562 g/mol. The number of likely N-dealkylation sites (N-methyl/N-ethyl adjacent to an activating group) is 1. The molecule has 42 heavy (non-hydrogen) atoms. The van der Waals surface area contributed by atoms with Crippen molar-refractivity contribution >= 4 is 33.3 Å². The summed E-state index contributed by atoms with van der Waals surface area (Å²) in [5.74, 6) is 0.0899. The van der Waals surface area contributed by atoms with Gasteiger partial charge in [-0.15, -0.1) is 0 Å². The number of benzene rings is 2. The Labute approximate surface area is 245 Å². The summed E-state index contributed by atoms with van der Waals surface area (Å²) in [7, 11) is -2.29. The molecule has 3 amide bonds. The molecule has 0 saturated heterocycles. The molecule has 0 radical (unpaired) electrons. The first-order valence-corrected chi connectivity index (χ1v) is 15.1. The van der Waals surface area contributed by atoms with Gasteiger partial charge in [0.15, 0.2) is 5.76 Å². The van der Waals surface area contributed by atoms with Gasteiger partial charge in [-0.25, -0.2) is 13.2 Å². The summed E-state index contributed by atoms with van der Waals surface area (Å²) in [5.41, 5.74) is 2.30. The highest BCUT2D eigenvalue weighted by Crippen LogP contribution is 2.31. The van der Waals surface area contributed by atoms with E-state index < -0.39 is 28.1 Å². The zero-order valence-electron chi connectivity index (χ0n) is 24.5. The van der Waals surface area contributed by atoms with E-state index in [9.17, 15) is 23.1 Å². The fourth-order valence-electron chi connectivity index (χ4n) is 4.65. The number of ether oxygens (including phenoxy) is 1. The van der Waals surface area contributed by atoms with E-state index in [0.717, 1.165) is 5.56 Å². The number of hydrogen-bond donors (Lipinski definition) is 3. The quantitative estimate of drug-likeness (QED) is 0.353. The molecule has 12 nitrogen and oxygen atoms in total. The van der Waals surface area contributed by atoms with Gasteiger partial charge in [-0.1, -0.05) is 29.8 Å². The third-order valence-corrected chi connectivity index (χ3v) is 8.71. The normalized spacial score (nSPS) is 17.9. The van der Waals surface area contributed by atoms with Crippen molar-refractivity contribution in [2.45, 2.75) is 51.7 Å². The van der Waals surface area contributed by atoms with Crippen LogP contribution in [0.4, 0.5) is 16.2 Å². The van der Waals surface area contributed by atoms with Crippen molar-refractivity contribution in [3.8, 4) is 5.75 Å². The van der Waals surface area contributed by atoms with E-state index in [1.165, 1.54) is 35.2 Å². The Morgan fingerprint density at radius 3 is 2.50 bits per heavy atom. The Morgan fingerprint density at radius 2 is 1.88 bits per heavy atom. The van der Waals surface area contributed by atoms with Gasteiger partial charge in [0.05, 0.1) is 29.7 Å². The van der Waals surface area contributed by atoms with Crippen molar-refractivity contribution in [2.24, 2.45) is 5.92 Å². The number of carbonyl (C=O) groups excluding carboxylic acids is 2. The van der Waals surface area contributed by atoms with Gasteiger partial charge in [-0.3, -0.25) is 9.52 Å². The number of aryl methyl sites for hydroxylation is 3. The highest BCUT2D eigenvalue weighted by molar-refractivity contribution is 7.92. The van der Waals surface area contributed by atoms with Gasteiger partial charge in [0, 0.05) is 25.2 Å². The lowest BCUT2D eigenvalue weighted by molar-refractivity contribution is 0.0371. The summed E-state index contributed by atoms with van der Waals surface area (Å²) in [4.78, 5) is 29.8. The van der Waals surface area contributed by atoms with E-state index in [1.54, 1.807) is 44.9 Å². The minimum Gasteiger partial charge on any atom is -0.487 e. The molecule has 0 bridgehead atoms. The zero-order chi connectivity index (χ0) is 30.8. The third-order valence-electron chi connectivity index (χ3n) is 7.31. The number of anilines is 2. The van der Waals surface area contributed by atoms with Crippen LogP contribution in [0.15, 0.2) is 51.9 Å². The Kier molecular flexibility index (Phi) is 9.12. The molecule has 3 N–H and O–H groups in total. The number of nitrogens with one attached hydrogen (secondary N) is 2. The minimum absolute atomic E-state index is 0.0877. The van der Waals surface area contributed by atoms with E-state index in [2.05, 4.69) is 15.2 Å². The van der Waals surface area contributed by atoms with Crippen LogP contribution >= 0.6 is 0 Å². The number of nitrogens with zero attached hydrogens (tertiary/aromatic N) is 3. The number of carbonyl (C=O) groups is 2. The zero-order valence-corrected chi connectivity index (χ0v) is 25.4. The van der Waals surface area contributed by atoms with Crippen LogP contribution < -0.4 is 14.8 Å². The number of aliphatic hydroxyl groups is 1. The Morgan fingerprint density at radius 1 is 1.19 bits per heavy atom. The second kappa shape index (κ2) is 12.4. The molecule has 1 aliphatic rings. The molecular formula is C29H37N5O7S. The molecule has 13 heteroatoms. The number of urea groups is 1. The maximum atomic E-state index is 13.7. The molecule has 1 aliphatic heterocycles. The monoisotopic (exact) mass is 599 g/mol. The van der Waals surface area contributed by atoms with Crippen molar-refractivity contribution in [3.05, 3.63) is 65.0 Å². The van der Waals surface area contributed by atoms with Crippen LogP contribution in [0, 0.1) is 26.7 Å². The fourth-order valence-corrected chi connectivity index (χ4v) is 5.70. The fraction of sp³-hybridized carbons (Fsp3) is 0.414. The molecule has 0 unspecified atom stereocenters. The second-order valence-electron chi connectivity index (χ2n) is 10.8. The van der Waals surface area contributed by atoms with Crippen LogP contribution in [0.25, 0.3) is 0 Å². The number of aromatic nitrogens is 1. The average molecular weight is 600 g/mol. The molecule has 2 aromatic carbocycles. The van der Waals surface area contributed by atoms with E-state index in [0.29, 0.717) is 17.1 Å². The van der Waals surface area contributed by atoms with Crippen LogP contribution in [0.1, 0.15) is 41.2 Å². The molecule has 1 aromatic heterocycles. The summed E-state index contributed by atoms with van der Waals surface area (Å²) < 4.78 is 40.0. The van der Waals surface area contributed by atoms with Crippen molar-refractivity contribution in [3.63, 3.8) is 0 Å². The largest absolute Gasteiger partial charge is 0.487 e. The lowest BCUT2D eigenvalue weighted by Gasteiger charge is -2.38. The standard InChI is InChI=1S/C29H37N5O7S/c1-17-7-10-23(11-8-17)42(38,39)32-22-9-12-25-24(13-22)28(36)34(19(3)16-35)14-18(2)26(40-25)15-33(6)29(37)30-27-20(4)31-41-21(27)5/h7-13,18-19,26,32,35H,14-16H2,1-6H3,(H,30,37)/t18-,19+,26-/m0/s1. The third kappa shape index (κ3) is 6.68. The molecule has 0 spiro atoms. The first-order chi connectivity index (χ1) is 19.8. The Bertz CT molecular complexity index is 1540. The maximum Gasteiger partial charge on any atom is 0.321 e. The highest BCUT2D eigenvalue weighted by Gasteiger charge is 2.34. The van der Waals surface area contributed by atoms with E-state index in [1.807, 2.05) is 13.8 Å². The Balaban J connectivity index is 1.62. The van der Waals surface area contributed by atoms with Gasteiger partial charge in [-0.2, -0.15) is 0 Å². The first kappa shape index (κ1) is 30.8. The molecule has 2 heterocycles. The van der Waals surface area contributed by atoms with Gasteiger partial charge < -0.3 is 29.5 Å². The highest BCUT2D eigenvalue weighted by atomic mass is 32.2. The van der Waals surface area contributed by atoms with E-state index in [-0.39, 0.29) is 53.5 Å². The second-order valence-corrected chi connectivity index (χ2v) is 12.4. The lowest BCUT2D eigenvalue weighted by atomic mass is 9.99. The SMILES string of the molecule is Cc1ccc(S(=O)(=O)Nc2ccc3c(c2)C(=O)N([C@H](C)CO)C[C@H](C)[C@H](CN(C)C(=O)Nc2c(C)noc2C)O3)cc1. The summed E-state index contributed by atoms with van der Waals surface area (Å²) in [6.07, 6.45) is -0.541. The van der Waals surface area contributed by atoms with Crippen molar-refractivity contribution in [1.82, 2.24) is 15.0 Å². The topological polar surface area (TPSA) is 154 Å². The van der Waals surface area contributed by atoms with Gasteiger partial charge in [0.2, 0.25) is 0 Å². The molecule has 0 fully saturated rings. The van der Waals surface area contributed by atoms with Gasteiger partial charge in [-0.05, 0) is 58.0 Å².